The summed E-state index contributed by atoms with van der Waals surface area (Å²) in [4.78, 5) is 25.6. The SMILES string of the molecule is CC(NC(=O)COC(=O)C1c2ccccc2Oc2ccccc21)c1ccc2c(c1)OCCO2. The normalized spacial score (nSPS) is 14.8. The Bertz CT molecular complexity index is 1160. The van der Waals surface area contributed by atoms with Crippen molar-refractivity contribution < 1.29 is 28.5 Å². The average Bonchev–Trinajstić information content (AvgIpc) is 2.85. The van der Waals surface area contributed by atoms with E-state index in [0.29, 0.717) is 47.3 Å². The average molecular weight is 445 g/mol. The van der Waals surface area contributed by atoms with Gasteiger partial charge in [-0.2, -0.15) is 0 Å². The lowest BCUT2D eigenvalue weighted by Gasteiger charge is -2.26. The van der Waals surface area contributed by atoms with Crippen molar-refractivity contribution >= 4 is 11.9 Å². The van der Waals surface area contributed by atoms with Crippen molar-refractivity contribution in [1.29, 1.82) is 0 Å². The molecule has 2 aliphatic heterocycles. The van der Waals surface area contributed by atoms with Crippen LogP contribution in [0.1, 0.15) is 35.6 Å². The number of ether oxygens (including phenoxy) is 4. The molecule has 0 aliphatic carbocycles. The summed E-state index contributed by atoms with van der Waals surface area (Å²) < 4.78 is 22.5. The summed E-state index contributed by atoms with van der Waals surface area (Å²) in [5.41, 5.74) is 2.30. The van der Waals surface area contributed by atoms with E-state index < -0.39 is 11.9 Å². The van der Waals surface area contributed by atoms with Crippen LogP contribution in [-0.2, 0) is 14.3 Å². The molecule has 0 saturated carbocycles. The standard InChI is InChI=1S/C26H23NO6/c1-16(17-10-11-22-23(14-17)31-13-12-30-22)27-24(28)15-32-26(29)25-18-6-2-4-8-20(18)33-21-9-5-3-7-19(21)25/h2-11,14,16,25H,12-13,15H2,1H3,(H,27,28). The molecule has 0 radical (unpaired) electrons. The third-order valence-electron chi connectivity index (χ3n) is 5.70. The fourth-order valence-corrected chi connectivity index (χ4v) is 4.08. The van der Waals surface area contributed by atoms with Crippen molar-refractivity contribution in [3.63, 3.8) is 0 Å². The Balaban J connectivity index is 1.25. The van der Waals surface area contributed by atoms with Gasteiger partial charge in [-0.1, -0.05) is 42.5 Å². The smallest absolute Gasteiger partial charge is 0.318 e. The van der Waals surface area contributed by atoms with E-state index in [0.717, 1.165) is 5.56 Å². The second-order valence-corrected chi connectivity index (χ2v) is 7.91. The van der Waals surface area contributed by atoms with Crippen LogP contribution < -0.4 is 19.5 Å². The molecule has 2 aliphatic rings. The summed E-state index contributed by atoms with van der Waals surface area (Å²) in [5, 5.41) is 2.86. The molecule has 1 atom stereocenters. The zero-order valence-electron chi connectivity index (χ0n) is 18.1. The predicted octanol–water partition coefficient (Wildman–Crippen LogP) is 4.12. The number of rotatable bonds is 5. The number of fused-ring (bicyclic) bond motifs is 3. The molecule has 33 heavy (non-hydrogen) atoms. The molecule has 2 heterocycles. The first-order chi connectivity index (χ1) is 16.1. The molecular weight excluding hydrogens is 422 g/mol. The zero-order chi connectivity index (χ0) is 22.8. The van der Waals surface area contributed by atoms with Crippen LogP contribution >= 0.6 is 0 Å². The van der Waals surface area contributed by atoms with Crippen LogP contribution in [0.4, 0.5) is 0 Å². The highest BCUT2D eigenvalue weighted by Crippen LogP contribution is 2.44. The zero-order valence-corrected chi connectivity index (χ0v) is 18.1. The van der Waals surface area contributed by atoms with Crippen LogP contribution in [0.25, 0.3) is 0 Å². The van der Waals surface area contributed by atoms with Crippen molar-refractivity contribution in [2.75, 3.05) is 19.8 Å². The fraction of sp³-hybridized carbons (Fsp3) is 0.231. The molecular formula is C26H23NO6. The summed E-state index contributed by atoms with van der Waals surface area (Å²) in [5.74, 6) is 1.01. The number of amides is 1. The molecule has 3 aromatic rings. The van der Waals surface area contributed by atoms with E-state index in [1.54, 1.807) is 0 Å². The van der Waals surface area contributed by atoms with Gasteiger partial charge in [-0.05, 0) is 36.8 Å². The first-order valence-corrected chi connectivity index (χ1v) is 10.8. The third-order valence-corrected chi connectivity index (χ3v) is 5.70. The monoisotopic (exact) mass is 445 g/mol. The Morgan fingerprint density at radius 3 is 2.24 bits per heavy atom. The summed E-state index contributed by atoms with van der Waals surface area (Å²) >= 11 is 0. The molecule has 7 nitrogen and oxygen atoms in total. The van der Waals surface area contributed by atoms with Gasteiger partial charge in [0.2, 0.25) is 0 Å². The molecule has 168 valence electrons. The van der Waals surface area contributed by atoms with Gasteiger partial charge in [0.05, 0.1) is 6.04 Å². The first-order valence-electron chi connectivity index (χ1n) is 10.8. The number of carbonyl (C=O) groups excluding carboxylic acids is 2. The predicted molar refractivity (Wildman–Crippen MR) is 120 cm³/mol. The summed E-state index contributed by atoms with van der Waals surface area (Å²) in [6, 6.07) is 19.9. The van der Waals surface area contributed by atoms with E-state index in [4.69, 9.17) is 18.9 Å². The molecule has 7 heteroatoms. The number of para-hydroxylation sites is 2. The minimum Gasteiger partial charge on any atom is -0.486 e. The van der Waals surface area contributed by atoms with E-state index in [9.17, 15) is 9.59 Å². The molecule has 0 aromatic heterocycles. The molecule has 5 rings (SSSR count). The number of nitrogens with one attached hydrogen (secondary N) is 1. The van der Waals surface area contributed by atoms with Crippen LogP contribution in [-0.4, -0.2) is 31.7 Å². The lowest BCUT2D eigenvalue weighted by molar-refractivity contribution is -0.149. The van der Waals surface area contributed by atoms with Crippen LogP contribution in [0.5, 0.6) is 23.0 Å². The third kappa shape index (κ3) is 4.22. The molecule has 1 N–H and O–H groups in total. The number of carbonyl (C=O) groups is 2. The molecule has 0 saturated heterocycles. The molecule has 0 bridgehead atoms. The van der Waals surface area contributed by atoms with Crippen LogP contribution in [0.15, 0.2) is 66.7 Å². The van der Waals surface area contributed by atoms with Crippen molar-refractivity contribution in [2.24, 2.45) is 0 Å². The van der Waals surface area contributed by atoms with E-state index in [-0.39, 0.29) is 18.6 Å². The molecule has 1 amide bonds. The van der Waals surface area contributed by atoms with Gasteiger partial charge in [0.25, 0.3) is 5.91 Å². The second-order valence-electron chi connectivity index (χ2n) is 7.91. The molecule has 0 fully saturated rings. The second kappa shape index (κ2) is 8.86. The van der Waals surface area contributed by atoms with Crippen molar-refractivity contribution in [1.82, 2.24) is 5.32 Å². The van der Waals surface area contributed by atoms with Crippen LogP contribution in [0, 0.1) is 0 Å². The number of hydrogen-bond acceptors (Lipinski definition) is 6. The van der Waals surface area contributed by atoms with Crippen LogP contribution in [0.3, 0.4) is 0 Å². The number of benzene rings is 3. The van der Waals surface area contributed by atoms with Gasteiger partial charge >= 0.3 is 5.97 Å². The molecule has 0 spiro atoms. The molecule has 1 unspecified atom stereocenters. The Kier molecular flexibility index (Phi) is 5.60. The lowest BCUT2D eigenvalue weighted by Crippen LogP contribution is -2.32. The Morgan fingerprint density at radius 2 is 1.55 bits per heavy atom. The highest BCUT2D eigenvalue weighted by Gasteiger charge is 2.34. The summed E-state index contributed by atoms with van der Waals surface area (Å²) in [6.07, 6.45) is 0. The minimum atomic E-state index is -0.658. The summed E-state index contributed by atoms with van der Waals surface area (Å²) in [6.45, 7) is 2.49. The topological polar surface area (TPSA) is 83.1 Å². The number of esters is 1. The maximum Gasteiger partial charge on any atom is 0.318 e. The van der Waals surface area contributed by atoms with E-state index in [1.165, 1.54) is 0 Å². The summed E-state index contributed by atoms with van der Waals surface area (Å²) in [7, 11) is 0. The Labute approximate surface area is 191 Å². The highest BCUT2D eigenvalue weighted by molar-refractivity contribution is 5.88. The van der Waals surface area contributed by atoms with Gasteiger partial charge in [0.15, 0.2) is 18.1 Å². The highest BCUT2D eigenvalue weighted by atomic mass is 16.6. The maximum atomic E-state index is 13.1. The number of hydrogen-bond donors (Lipinski definition) is 1. The van der Waals surface area contributed by atoms with E-state index >= 15 is 0 Å². The quantitative estimate of drug-likeness (QED) is 0.595. The Hall–Kier alpha value is -4.00. The van der Waals surface area contributed by atoms with Gasteiger partial charge < -0.3 is 24.3 Å². The van der Waals surface area contributed by atoms with Gasteiger partial charge in [0.1, 0.15) is 30.6 Å². The van der Waals surface area contributed by atoms with Crippen molar-refractivity contribution in [3.8, 4) is 23.0 Å². The van der Waals surface area contributed by atoms with E-state index in [1.807, 2.05) is 73.7 Å². The van der Waals surface area contributed by atoms with E-state index in [2.05, 4.69) is 5.32 Å². The first kappa shape index (κ1) is 20.9. The fourth-order valence-electron chi connectivity index (χ4n) is 4.08. The largest absolute Gasteiger partial charge is 0.486 e. The van der Waals surface area contributed by atoms with Crippen LogP contribution in [0.2, 0.25) is 0 Å². The minimum absolute atomic E-state index is 0.295. The van der Waals surface area contributed by atoms with Gasteiger partial charge in [-0.25, -0.2) is 0 Å². The maximum absolute atomic E-state index is 13.1. The van der Waals surface area contributed by atoms with Crippen molar-refractivity contribution in [2.45, 2.75) is 18.9 Å². The Morgan fingerprint density at radius 1 is 0.909 bits per heavy atom. The lowest BCUT2D eigenvalue weighted by atomic mass is 9.88. The van der Waals surface area contributed by atoms with Gasteiger partial charge in [0, 0.05) is 11.1 Å². The van der Waals surface area contributed by atoms with Crippen molar-refractivity contribution in [3.05, 3.63) is 83.4 Å². The van der Waals surface area contributed by atoms with Gasteiger partial charge in [-0.3, -0.25) is 9.59 Å². The van der Waals surface area contributed by atoms with Gasteiger partial charge in [-0.15, -0.1) is 0 Å². The molecule has 3 aromatic carbocycles.